The number of amides is 1. The van der Waals surface area contributed by atoms with Gasteiger partial charge in [0.1, 0.15) is 5.60 Å². The average Bonchev–Trinajstić information content (AvgIpc) is 2.96. The third kappa shape index (κ3) is 6.01. The molecule has 0 radical (unpaired) electrons. The van der Waals surface area contributed by atoms with Crippen LogP contribution in [0.4, 0.5) is 4.79 Å². The highest BCUT2D eigenvalue weighted by molar-refractivity contribution is 14.0. The summed E-state index contributed by atoms with van der Waals surface area (Å²) in [6.45, 7) is 10.9. The minimum Gasteiger partial charge on any atom is -0.444 e. The Labute approximate surface area is 189 Å². The molecule has 3 N–H and O–H groups in total. The minimum absolute atomic E-state index is 0. The van der Waals surface area contributed by atoms with Gasteiger partial charge in [-0.05, 0) is 45.7 Å². The van der Waals surface area contributed by atoms with E-state index in [-0.39, 0.29) is 30.1 Å². The number of aliphatic imine (C=N–C) groups is 1. The van der Waals surface area contributed by atoms with Crippen molar-refractivity contribution >= 4 is 46.9 Å². The van der Waals surface area contributed by atoms with E-state index in [9.17, 15) is 4.79 Å². The van der Waals surface area contributed by atoms with E-state index in [1.807, 2.05) is 31.7 Å². The summed E-state index contributed by atoms with van der Waals surface area (Å²) in [5.74, 6) is 0.543. The van der Waals surface area contributed by atoms with Gasteiger partial charge in [-0.1, -0.05) is 18.2 Å². The number of rotatable bonds is 3. The Hall–Kier alpha value is -1.97. The summed E-state index contributed by atoms with van der Waals surface area (Å²) >= 11 is 0. The molecule has 1 aliphatic rings. The number of halogens is 1. The highest BCUT2D eigenvalue weighted by Crippen LogP contribution is 2.22. The fourth-order valence-corrected chi connectivity index (χ4v) is 3.48. The SMILES string of the molecule is Cc1[nH]c2ccccc2c1CCN=C(N)N1CCN(C(=O)OC(C)(C)C)CC1.I. The quantitative estimate of drug-likeness (QED) is 0.374. The second-order valence-electron chi connectivity index (χ2n) is 8.22. The van der Waals surface area contributed by atoms with E-state index in [2.05, 4.69) is 35.1 Å². The number of guanidine groups is 1. The van der Waals surface area contributed by atoms with Crippen LogP contribution >= 0.6 is 24.0 Å². The first-order valence-electron chi connectivity index (χ1n) is 9.83. The molecular weight excluding hydrogens is 481 g/mol. The van der Waals surface area contributed by atoms with Gasteiger partial charge >= 0.3 is 6.09 Å². The summed E-state index contributed by atoms with van der Waals surface area (Å²) in [7, 11) is 0. The second-order valence-corrected chi connectivity index (χ2v) is 8.22. The minimum atomic E-state index is -0.477. The fourth-order valence-electron chi connectivity index (χ4n) is 3.48. The molecule has 1 aromatic carbocycles. The number of aromatic nitrogens is 1. The van der Waals surface area contributed by atoms with E-state index in [1.165, 1.54) is 16.6 Å². The van der Waals surface area contributed by atoms with Gasteiger partial charge in [-0.2, -0.15) is 0 Å². The molecule has 160 valence electrons. The maximum Gasteiger partial charge on any atom is 0.410 e. The molecule has 2 aromatic rings. The molecule has 29 heavy (non-hydrogen) atoms. The summed E-state index contributed by atoms with van der Waals surface area (Å²) in [6.07, 6.45) is 0.575. The largest absolute Gasteiger partial charge is 0.444 e. The lowest BCUT2D eigenvalue weighted by molar-refractivity contribution is 0.0186. The summed E-state index contributed by atoms with van der Waals surface area (Å²) in [5, 5.41) is 1.25. The Kier molecular flexibility index (Phi) is 7.79. The molecule has 1 amide bonds. The molecule has 1 aliphatic heterocycles. The predicted molar refractivity (Wildman–Crippen MR) is 128 cm³/mol. The van der Waals surface area contributed by atoms with Gasteiger partial charge in [0, 0.05) is 49.3 Å². The van der Waals surface area contributed by atoms with Crippen molar-refractivity contribution in [1.29, 1.82) is 0 Å². The van der Waals surface area contributed by atoms with E-state index < -0.39 is 5.60 Å². The standard InChI is InChI=1S/C21H31N5O2.HI/c1-15-16(17-7-5-6-8-18(17)24-15)9-10-23-19(22)25-11-13-26(14-12-25)20(27)28-21(2,3)4;/h5-8,24H,9-14H2,1-4H3,(H2,22,23);1H. The van der Waals surface area contributed by atoms with E-state index in [4.69, 9.17) is 10.5 Å². The molecule has 7 nitrogen and oxygen atoms in total. The second kappa shape index (κ2) is 9.69. The number of nitrogens with zero attached hydrogens (tertiary/aromatic N) is 3. The topological polar surface area (TPSA) is 87.0 Å². The van der Waals surface area contributed by atoms with Crippen molar-refractivity contribution in [3.8, 4) is 0 Å². The van der Waals surface area contributed by atoms with E-state index in [0.717, 1.165) is 11.9 Å². The van der Waals surface area contributed by atoms with Crippen molar-refractivity contribution in [1.82, 2.24) is 14.8 Å². The highest BCUT2D eigenvalue weighted by atomic mass is 127. The molecule has 1 saturated heterocycles. The number of carbonyl (C=O) groups excluding carboxylic acids is 1. The Balaban J connectivity index is 0.00000300. The number of para-hydroxylation sites is 1. The molecule has 8 heteroatoms. The molecule has 2 heterocycles. The van der Waals surface area contributed by atoms with Gasteiger partial charge in [0.15, 0.2) is 5.96 Å². The van der Waals surface area contributed by atoms with Crippen LogP contribution in [0.1, 0.15) is 32.0 Å². The monoisotopic (exact) mass is 513 g/mol. The van der Waals surface area contributed by atoms with Crippen LogP contribution in [-0.4, -0.2) is 65.2 Å². The first-order chi connectivity index (χ1) is 13.2. The van der Waals surface area contributed by atoms with Crippen LogP contribution in [0.5, 0.6) is 0 Å². The van der Waals surface area contributed by atoms with Gasteiger partial charge in [0.05, 0.1) is 0 Å². The Morgan fingerprint density at radius 2 is 1.79 bits per heavy atom. The van der Waals surface area contributed by atoms with Crippen molar-refractivity contribution in [3.05, 3.63) is 35.5 Å². The zero-order valence-electron chi connectivity index (χ0n) is 17.7. The van der Waals surface area contributed by atoms with E-state index in [1.54, 1.807) is 4.90 Å². The summed E-state index contributed by atoms with van der Waals surface area (Å²) in [6, 6.07) is 8.32. The number of nitrogens with two attached hydrogens (primary N) is 1. The maximum atomic E-state index is 12.2. The van der Waals surface area contributed by atoms with Crippen molar-refractivity contribution in [2.24, 2.45) is 10.7 Å². The third-order valence-corrected chi connectivity index (χ3v) is 4.92. The van der Waals surface area contributed by atoms with Gasteiger partial charge in [0.2, 0.25) is 0 Å². The lowest BCUT2D eigenvalue weighted by atomic mass is 10.1. The molecular formula is C21H32IN5O2. The van der Waals surface area contributed by atoms with Crippen LogP contribution < -0.4 is 5.73 Å². The van der Waals surface area contributed by atoms with Crippen LogP contribution in [0.3, 0.4) is 0 Å². The van der Waals surface area contributed by atoms with Crippen LogP contribution in [0, 0.1) is 6.92 Å². The van der Waals surface area contributed by atoms with Gasteiger partial charge in [0.25, 0.3) is 0 Å². The number of aryl methyl sites for hydroxylation is 1. The van der Waals surface area contributed by atoms with Crippen LogP contribution in [-0.2, 0) is 11.2 Å². The molecule has 3 rings (SSSR count). The van der Waals surface area contributed by atoms with Crippen molar-refractivity contribution in [3.63, 3.8) is 0 Å². The normalized spacial score (nSPS) is 15.4. The zero-order valence-corrected chi connectivity index (χ0v) is 20.0. The zero-order chi connectivity index (χ0) is 20.3. The van der Waals surface area contributed by atoms with E-state index in [0.29, 0.717) is 38.7 Å². The number of ether oxygens (including phenoxy) is 1. The number of carbonyl (C=O) groups is 1. The van der Waals surface area contributed by atoms with Crippen molar-refractivity contribution < 1.29 is 9.53 Å². The van der Waals surface area contributed by atoms with Gasteiger partial charge in [-0.3, -0.25) is 4.99 Å². The van der Waals surface area contributed by atoms with Crippen LogP contribution in [0.25, 0.3) is 10.9 Å². The van der Waals surface area contributed by atoms with E-state index >= 15 is 0 Å². The van der Waals surface area contributed by atoms with Crippen molar-refractivity contribution in [2.45, 2.75) is 39.7 Å². The Bertz CT molecular complexity index is 864. The smallest absolute Gasteiger partial charge is 0.410 e. The lowest BCUT2D eigenvalue weighted by Gasteiger charge is -2.36. The fraction of sp³-hybridized carbons (Fsp3) is 0.524. The molecule has 0 unspecified atom stereocenters. The Morgan fingerprint density at radius 3 is 2.45 bits per heavy atom. The molecule has 0 aliphatic carbocycles. The van der Waals surface area contributed by atoms with Gasteiger partial charge in [-0.25, -0.2) is 4.79 Å². The number of aromatic amines is 1. The number of fused-ring (bicyclic) bond motifs is 1. The van der Waals surface area contributed by atoms with Gasteiger partial charge in [-0.15, -0.1) is 24.0 Å². The maximum absolute atomic E-state index is 12.2. The Morgan fingerprint density at radius 1 is 1.17 bits per heavy atom. The number of piperazine rings is 1. The van der Waals surface area contributed by atoms with Crippen molar-refractivity contribution in [2.75, 3.05) is 32.7 Å². The summed E-state index contributed by atoms with van der Waals surface area (Å²) in [5.41, 5.74) is 9.35. The number of hydrogen-bond acceptors (Lipinski definition) is 3. The van der Waals surface area contributed by atoms with Crippen LogP contribution in [0.15, 0.2) is 29.3 Å². The summed E-state index contributed by atoms with van der Waals surface area (Å²) < 4.78 is 5.43. The highest BCUT2D eigenvalue weighted by Gasteiger charge is 2.26. The molecule has 0 spiro atoms. The first-order valence-corrected chi connectivity index (χ1v) is 9.83. The molecule has 1 aromatic heterocycles. The molecule has 0 bridgehead atoms. The number of benzene rings is 1. The number of H-pyrrole nitrogens is 1. The van der Waals surface area contributed by atoms with Crippen LogP contribution in [0.2, 0.25) is 0 Å². The molecule has 0 atom stereocenters. The number of nitrogens with one attached hydrogen (secondary N) is 1. The molecule has 1 fully saturated rings. The number of hydrogen-bond donors (Lipinski definition) is 2. The third-order valence-electron chi connectivity index (χ3n) is 4.92. The first kappa shape index (κ1) is 23.3. The predicted octanol–water partition coefficient (Wildman–Crippen LogP) is 3.50. The lowest BCUT2D eigenvalue weighted by Crippen LogP contribution is -2.53. The van der Waals surface area contributed by atoms with Gasteiger partial charge < -0.3 is 25.3 Å². The molecule has 0 saturated carbocycles. The summed E-state index contributed by atoms with van der Waals surface area (Å²) in [4.78, 5) is 23.9. The average molecular weight is 513 g/mol.